The van der Waals surface area contributed by atoms with Crippen molar-refractivity contribution >= 4 is 57.4 Å². The Morgan fingerprint density at radius 3 is 1.69 bits per heavy atom. The first kappa shape index (κ1) is 34.9. The number of furan rings is 1. The highest BCUT2D eigenvalue weighted by atomic mass is 16.3. The van der Waals surface area contributed by atoms with Crippen LogP contribution in [-0.4, -0.2) is 6.71 Å². The normalized spacial score (nSPS) is 17.4. The number of benzene rings is 4. The van der Waals surface area contributed by atoms with Crippen molar-refractivity contribution in [3.05, 3.63) is 113 Å². The first-order valence-corrected chi connectivity index (χ1v) is 19.4. The minimum absolute atomic E-state index is 0.00658. The summed E-state index contributed by atoms with van der Waals surface area (Å²) >= 11 is 0. The number of nitrogens with zero attached hydrogens (tertiary/aromatic N) is 2. The highest BCUT2D eigenvalue weighted by Gasteiger charge is 2.52. The fourth-order valence-electron chi connectivity index (χ4n) is 8.92. The highest BCUT2D eigenvalue weighted by Crippen LogP contribution is 2.55. The minimum Gasteiger partial charge on any atom is -0.472 e. The Bertz CT molecular complexity index is 2200. The summed E-state index contributed by atoms with van der Waals surface area (Å²) in [6.07, 6.45) is 2.22. The van der Waals surface area contributed by atoms with Crippen LogP contribution in [0.25, 0.3) is 0 Å². The van der Waals surface area contributed by atoms with Gasteiger partial charge in [0.1, 0.15) is 5.76 Å². The van der Waals surface area contributed by atoms with Crippen LogP contribution in [0.5, 0.6) is 0 Å². The molecule has 1 aromatic heterocycles. The van der Waals surface area contributed by atoms with Crippen LogP contribution in [-0.2, 0) is 27.1 Å². The van der Waals surface area contributed by atoms with Crippen molar-refractivity contribution in [1.29, 1.82) is 0 Å². The largest absolute Gasteiger partial charge is 0.472 e. The van der Waals surface area contributed by atoms with Gasteiger partial charge in [0, 0.05) is 39.4 Å². The molecule has 0 fully saturated rings. The number of anilines is 6. The van der Waals surface area contributed by atoms with Gasteiger partial charge in [-0.25, -0.2) is 0 Å². The zero-order chi connectivity index (χ0) is 37.3. The molecule has 3 heterocycles. The lowest BCUT2D eigenvalue weighted by molar-refractivity contribution is 0.282. The van der Waals surface area contributed by atoms with E-state index < -0.39 is 0 Å². The third-order valence-corrected chi connectivity index (χ3v) is 12.3. The smallest absolute Gasteiger partial charge is 0.297 e. The van der Waals surface area contributed by atoms with Crippen LogP contribution >= 0.6 is 0 Å². The molecule has 3 aliphatic rings. The molecule has 3 nitrogen and oxygen atoms in total. The van der Waals surface area contributed by atoms with E-state index in [4.69, 9.17) is 4.42 Å². The number of para-hydroxylation sites is 1. The van der Waals surface area contributed by atoms with Crippen LogP contribution in [0.1, 0.15) is 131 Å². The molecule has 0 unspecified atom stereocenters. The molecule has 1 aliphatic carbocycles. The lowest BCUT2D eigenvalue weighted by Gasteiger charge is -2.45. The predicted molar refractivity (Wildman–Crippen MR) is 224 cm³/mol. The Balaban J connectivity index is 1.54. The van der Waals surface area contributed by atoms with E-state index >= 15 is 0 Å². The molecule has 0 saturated carbocycles. The van der Waals surface area contributed by atoms with E-state index in [0.29, 0.717) is 0 Å². The lowest BCUT2D eigenvalue weighted by Crippen LogP contribution is -2.61. The SMILES string of the molecule is CC(C)(C)c1ccc(N2c3ccc(C(C)(C)C)cc3B3c4oc5c(c4N(c4ccccc4)c4cc(C(C)(C)C)cc2c43)C(C)(C)CCC5(C)C)cc1. The van der Waals surface area contributed by atoms with Crippen LogP contribution in [0.3, 0.4) is 0 Å². The average Bonchev–Trinajstić information content (AvgIpc) is 3.48. The van der Waals surface area contributed by atoms with Crippen molar-refractivity contribution in [2.45, 2.75) is 130 Å². The number of hydrogen-bond donors (Lipinski definition) is 0. The summed E-state index contributed by atoms with van der Waals surface area (Å²) in [6.45, 7) is 30.5. The fraction of sp³-hybridized carbons (Fsp3) is 0.417. The van der Waals surface area contributed by atoms with Gasteiger partial charge in [0.05, 0.1) is 11.3 Å². The number of fused-ring (bicyclic) bond motifs is 6. The van der Waals surface area contributed by atoms with Crippen molar-refractivity contribution in [3.8, 4) is 0 Å². The maximum Gasteiger partial charge on any atom is 0.297 e. The van der Waals surface area contributed by atoms with Gasteiger partial charge in [-0.3, -0.25) is 0 Å². The second-order valence-corrected chi connectivity index (χ2v) is 20.2. The number of hydrogen-bond acceptors (Lipinski definition) is 3. The molecule has 0 spiro atoms. The summed E-state index contributed by atoms with van der Waals surface area (Å²) in [6, 6.07) is 32.6. The van der Waals surface area contributed by atoms with Crippen molar-refractivity contribution in [2.75, 3.05) is 9.80 Å². The number of rotatable bonds is 2. The fourth-order valence-corrected chi connectivity index (χ4v) is 8.92. The minimum atomic E-state index is -0.0706. The summed E-state index contributed by atoms with van der Waals surface area (Å²) in [5.74, 6) is 1.16. The van der Waals surface area contributed by atoms with Crippen molar-refractivity contribution in [3.63, 3.8) is 0 Å². The summed E-state index contributed by atoms with van der Waals surface area (Å²) in [5.41, 5.74) is 16.4. The van der Waals surface area contributed by atoms with Crippen LogP contribution in [0, 0.1) is 0 Å². The van der Waals surface area contributed by atoms with Crippen LogP contribution in [0.4, 0.5) is 34.1 Å². The molecule has 0 radical (unpaired) electrons. The molecule has 0 amide bonds. The molecule has 4 heteroatoms. The van der Waals surface area contributed by atoms with Gasteiger partial charge in [0.2, 0.25) is 0 Å². The molecule has 5 aromatic rings. The molecule has 0 N–H and O–H groups in total. The summed E-state index contributed by atoms with van der Waals surface area (Å²) in [5, 5.41) is 0. The van der Waals surface area contributed by atoms with E-state index in [9.17, 15) is 0 Å². The molecule has 0 saturated heterocycles. The zero-order valence-corrected chi connectivity index (χ0v) is 33.9. The Kier molecular flexibility index (Phi) is 7.49. The predicted octanol–water partition coefficient (Wildman–Crippen LogP) is 11.6. The van der Waals surface area contributed by atoms with E-state index in [0.717, 1.165) is 24.3 Å². The van der Waals surface area contributed by atoms with Gasteiger partial charge in [0.15, 0.2) is 0 Å². The third kappa shape index (κ3) is 5.30. The molecular formula is C48H57BN2O. The Morgan fingerprint density at radius 1 is 0.558 bits per heavy atom. The molecule has 2 aliphatic heterocycles. The molecule has 4 aromatic carbocycles. The second-order valence-electron chi connectivity index (χ2n) is 20.2. The molecule has 52 heavy (non-hydrogen) atoms. The second kappa shape index (κ2) is 11.2. The van der Waals surface area contributed by atoms with Crippen molar-refractivity contribution < 1.29 is 4.42 Å². The topological polar surface area (TPSA) is 19.6 Å². The molecule has 0 atom stereocenters. The van der Waals surface area contributed by atoms with Crippen molar-refractivity contribution in [2.24, 2.45) is 0 Å². The third-order valence-electron chi connectivity index (χ3n) is 12.3. The summed E-state index contributed by atoms with van der Waals surface area (Å²) < 4.78 is 7.49. The molecule has 0 bridgehead atoms. The van der Waals surface area contributed by atoms with Gasteiger partial charge in [0.25, 0.3) is 6.71 Å². The quantitative estimate of drug-likeness (QED) is 0.169. The van der Waals surface area contributed by atoms with Crippen molar-refractivity contribution in [1.82, 2.24) is 0 Å². The van der Waals surface area contributed by atoms with E-state index in [1.165, 1.54) is 67.3 Å². The van der Waals surface area contributed by atoms with Crippen LogP contribution in [0.15, 0.2) is 89.3 Å². The Morgan fingerprint density at radius 2 is 1.10 bits per heavy atom. The zero-order valence-electron chi connectivity index (χ0n) is 33.9. The summed E-state index contributed by atoms with van der Waals surface area (Å²) in [7, 11) is 0. The molecule has 8 rings (SSSR count). The van der Waals surface area contributed by atoms with Crippen LogP contribution < -0.4 is 26.4 Å². The van der Waals surface area contributed by atoms with Gasteiger partial charge in [-0.05, 0) is 105 Å². The molecule has 268 valence electrons. The average molecular weight is 689 g/mol. The first-order chi connectivity index (χ1) is 24.2. The van der Waals surface area contributed by atoms with Gasteiger partial charge in [-0.2, -0.15) is 0 Å². The summed E-state index contributed by atoms with van der Waals surface area (Å²) in [4.78, 5) is 5.12. The molecular weight excluding hydrogens is 631 g/mol. The Labute approximate surface area is 313 Å². The van der Waals surface area contributed by atoms with E-state index in [2.05, 4.69) is 185 Å². The maximum atomic E-state index is 7.49. The van der Waals surface area contributed by atoms with Gasteiger partial charge in [-0.1, -0.05) is 132 Å². The van der Waals surface area contributed by atoms with E-state index in [1.54, 1.807) is 0 Å². The van der Waals surface area contributed by atoms with Gasteiger partial charge >= 0.3 is 0 Å². The first-order valence-electron chi connectivity index (χ1n) is 19.4. The lowest BCUT2D eigenvalue weighted by atomic mass is 9.35. The highest BCUT2D eigenvalue weighted by molar-refractivity contribution is 6.99. The van der Waals surface area contributed by atoms with E-state index in [-0.39, 0.29) is 33.8 Å². The Hall–Kier alpha value is -4.18. The maximum absolute atomic E-state index is 7.49. The van der Waals surface area contributed by atoms with Gasteiger partial charge < -0.3 is 14.2 Å². The standard InChI is InChI=1S/C48H57BN2O/c1-44(2,3)30-19-22-34(23-20-30)50-36-24-21-31(45(4,5)6)27-35(36)49-40-37(50)28-32(46(7,8)9)29-38(40)51(33-17-15-14-16-18-33)41-39-42(52-43(41)49)48(12,13)26-25-47(39,10)11/h14-24,27-29H,25-26H2,1-13H3. The monoisotopic (exact) mass is 688 g/mol. The van der Waals surface area contributed by atoms with Crippen LogP contribution in [0.2, 0.25) is 0 Å². The van der Waals surface area contributed by atoms with Gasteiger partial charge in [-0.15, -0.1) is 0 Å². The van der Waals surface area contributed by atoms with E-state index in [1.807, 2.05) is 0 Å².